The molecule has 1 N–H and O–H groups in total. The molecule has 0 radical (unpaired) electrons. The number of aryl methyl sites for hydroxylation is 1. The van der Waals surface area contributed by atoms with Crippen LogP contribution in [-0.4, -0.2) is 33.0 Å². The highest BCUT2D eigenvalue weighted by Gasteiger charge is 2.69. The van der Waals surface area contributed by atoms with E-state index < -0.39 is 23.3 Å². The first-order chi connectivity index (χ1) is 10.0. The Hall–Kier alpha value is -2.37. The van der Waals surface area contributed by atoms with E-state index in [9.17, 15) is 14.7 Å². The number of hydrogen-bond acceptors (Lipinski definition) is 4. The predicted molar refractivity (Wildman–Crippen MR) is 74.0 cm³/mol. The Morgan fingerprint density at radius 1 is 1.52 bits per heavy atom. The molecule has 0 spiro atoms. The molecular formula is C15H16N2O4. The highest BCUT2D eigenvalue weighted by Crippen LogP contribution is 2.60. The van der Waals surface area contributed by atoms with Crippen molar-refractivity contribution in [3.63, 3.8) is 0 Å². The molecule has 6 heteroatoms. The van der Waals surface area contributed by atoms with Crippen LogP contribution >= 0.6 is 0 Å². The molecule has 2 aromatic heterocycles. The van der Waals surface area contributed by atoms with Crippen molar-refractivity contribution in [2.24, 2.45) is 5.41 Å². The number of imidazole rings is 1. The van der Waals surface area contributed by atoms with Gasteiger partial charge >= 0.3 is 11.9 Å². The molecule has 2 unspecified atom stereocenters. The highest BCUT2D eigenvalue weighted by atomic mass is 16.5. The zero-order valence-corrected chi connectivity index (χ0v) is 11.9. The van der Waals surface area contributed by atoms with Crippen molar-refractivity contribution in [2.45, 2.75) is 26.2 Å². The molecule has 0 bridgehead atoms. The smallest absolute Gasteiger partial charge is 0.324 e. The Bertz CT molecular complexity index is 736. The van der Waals surface area contributed by atoms with E-state index in [1.165, 1.54) is 0 Å². The quantitative estimate of drug-likeness (QED) is 0.685. The monoisotopic (exact) mass is 288 g/mol. The number of ether oxygens (including phenoxy) is 1. The van der Waals surface area contributed by atoms with Gasteiger partial charge in [0.15, 0.2) is 5.41 Å². The van der Waals surface area contributed by atoms with Gasteiger partial charge in [-0.1, -0.05) is 6.07 Å². The molecule has 1 saturated carbocycles. The first-order valence-electron chi connectivity index (χ1n) is 6.86. The molecule has 6 nitrogen and oxygen atoms in total. The number of hydrogen-bond donors (Lipinski definition) is 1. The van der Waals surface area contributed by atoms with Gasteiger partial charge in [-0.2, -0.15) is 0 Å². The maximum Gasteiger partial charge on any atom is 0.324 e. The Labute approximate surface area is 121 Å². The van der Waals surface area contributed by atoms with E-state index in [0.717, 1.165) is 17.0 Å². The molecule has 2 atom stereocenters. The topological polar surface area (TPSA) is 80.9 Å². The molecule has 21 heavy (non-hydrogen) atoms. The standard InChI is InChI=1S/C15H16N2O4/c1-3-21-14(20)15(13(18)19)8-10(15)12-9(2)16-11-6-4-5-7-17(11)12/h4-7,10H,3,8H2,1-2H3,(H,18,19). The number of fused-ring (bicyclic) bond motifs is 1. The molecule has 0 amide bonds. The van der Waals surface area contributed by atoms with Crippen LogP contribution in [0.25, 0.3) is 5.65 Å². The van der Waals surface area contributed by atoms with Crippen molar-refractivity contribution in [1.29, 1.82) is 0 Å². The fourth-order valence-electron chi connectivity index (χ4n) is 2.95. The highest BCUT2D eigenvalue weighted by molar-refractivity contribution is 6.04. The Kier molecular flexibility index (Phi) is 2.97. The molecule has 0 aliphatic heterocycles. The lowest BCUT2D eigenvalue weighted by Gasteiger charge is -2.11. The predicted octanol–water partition coefficient (Wildman–Crippen LogP) is 1.76. The summed E-state index contributed by atoms with van der Waals surface area (Å²) in [6, 6.07) is 5.58. The van der Waals surface area contributed by atoms with Crippen LogP contribution < -0.4 is 0 Å². The van der Waals surface area contributed by atoms with Gasteiger partial charge in [0.2, 0.25) is 0 Å². The molecule has 1 aliphatic carbocycles. The summed E-state index contributed by atoms with van der Waals surface area (Å²) in [4.78, 5) is 28.1. The number of carbonyl (C=O) groups excluding carboxylic acids is 1. The zero-order chi connectivity index (χ0) is 15.2. The van der Waals surface area contributed by atoms with Crippen molar-refractivity contribution >= 4 is 17.6 Å². The minimum Gasteiger partial charge on any atom is -0.480 e. The third-order valence-corrected chi connectivity index (χ3v) is 4.06. The number of esters is 1. The second-order valence-corrected chi connectivity index (χ2v) is 5.26. The lowest BCUT2D eigenvalue weighted by Crippen LogP contribution is -2.29. The minimum absolute atomic E-state index is 0.173. The number of aliphatic carboxylic acids is 1. The summed E-state index contributed by atoms with van der Waals surface area (Å²) in [6.45, 7) is 3.68. The summed E-state index contributed by atoms with van der Waals surface area (Å²) < 4.78 is 6.81. The third kappa shape index (κ3) is 1.82. The molecule has 2 aromatic rings. The number of carboxylic acids is 1. The molecule has 0 aromatic carbocycles. The molecule has 110 valence electrons. The Morgan fingerprint density at radius 3 is 2.95 bits per heavy atom. The number of pyridine rings is 1. The Morgan fingerprint density at radius 2 is 2.29 bits per heavy atom. The van der Waals surface area contributed by atoms with Gasteiger partial charge in [0.05, 0.1) is 18.0 Å². The lowest BCUT2D eigenvalue weighted by atomic mass is 10.0. The van der Waals surface area contributed by atoms with E-state index in [4.69, 9.17) is 4.74 Å². The molecular weight excluding hydrogens is 272 g/mol. The van der Waals surface area contributed by atoms with Gasteiger partial charge < -0.3 is 14.2 Å². The zero-order valence-electron chi connectivity index (χ0n) is 11.9. The van der Waals surface area contributed by atoms with E-state index in [1.807, 2.05) is 35.7 Å². The molecule has 3 rings (SSSR count). The fraction of sp³-hybridized carbons (Fsp3) is 0.400. The van der Waals surface area contributed by atoms with Gasteiger partial charge in [0.25, 0.3) is 0 Å². The molecule has 1 aliphatic rings. The summed E-state index contributed by atoms with van der Waals surface area (Å²) in [6.07, 6.45) is 2.09. The van der Waals surface area contributed by atoms with Crippen molar-refractivity contribution < 1.29 is 19.4 Å². The summed E-state index contributed by atoms with van der Waals surface area (Å²) in [5.41, 5.74) is 0.812. The average molecular weight is 288 g/mol. The van der Waals surface area contributed by atoms with E-state index in [0.29, 0.717) is 0 Å². The third-order valence-electron chi connectivity index (χ3n) is 4.06. The number of rotatable bonds is 4. The van der Waals surface area contributed by atoms with Crippen molar-refractivity contribution in [2.75, 3.05) is 6.61 Å². The Balaban J connectivity index is 2.07. The summed E-state index contributed by atoms with van der Waals surface area (Å²) in [7, 11) is 0. The van der Waals surface area contributed by atoms with Crippen molar-refractivity contribution in [3.8, 4) is 0 Å². The van der Waals surface area contributed by atoms with Gasteiger partial charge in [-0.05, 0) is 32.4 Å². The normalized spacial score (nSPS) is 24.0. The number of carboxylic acid groups (broad SMARTS) is 1. The summed E-state index contributed by atoms with van der Waals surface area (Å²) >= 11 is 0. The first kappa shape index (κ1) is 13.6. The van der Waals surface area contributed by atoms with Gasteiger partial charge in [-0.25, -0.2) is 4.98 Å². The fourth-order valence-corrected chi connectivity index (χ4v) is 2.95. The number of nitrogens with zero attached hydrogens (tertiary/aromatic N) is 2. The van der Waals surface area contributed by atoms with Crippen LogP contribution in [0.1, 0.15) is 30.7 Å². The van der Waals surface area contributed by atoms with E-state index in [2.05, 4.69) is 4.98 Å². The summed E-state index contributed by atoms with van der Waals surface area (Å²) in [5, 5.41) is 9.50. The lowest BCUT2D eigenvalue weighted by molar-refractivity contribution is -0.161. The van der Waals surface area contributed by atoms with Gasteiger partial charge in [-0.15, -0.1) is 0 Å². The molecule has 2 heterocycles. The first-order valence-corrected chi connectivity index (χ1v) is 6.86. The van der Waals surface area contributed by atoms with Crippen LogP contribution in [0.3, 0.4) is 0 Å². The maximum absolute atomic E-state index is 12.1. The van der Waals surface area contributed by atoms with Crippen LogP contribution in [0.4, 0.5) is 0 Å². The van der Waals surface area contributed by atoms with Crippen LogP contribution in [0.2, 0.25) is 0 Å². The van der Waals surface area contributed by atoms with Crippen LogP contribution in [-0.2, 0) is 14.3 Å². The van der Waals surface area contributed by atoms with Crippen molar-refractivity contribution in [3.05, 3.63) is 35.8 Å². The van der Waals surface area contributed by atoms with Crippen LogP contribution in [0, 0.1) is 12.3 Å². The SMILES string of the molecule is CCOC(=O)C1(C(=O)O)CC1c1c(C)nc2ccccn12. The van der Waals surface area contributed by atoms with Crippen LogP contribution in [0.5, 0.6) is 0 Å². The largest absolute Gasteiger partial charge is 0.480 e. The average Bonchev–Trinajstić information content (AvgIpc) is 3.10. The minimum atomic E-state index is -1.47. The second-order valence-electron chi connectivity index (χ2n) is 5.26. The van der Waals surface area contributed by atoms with Gasteiger partial charge in [0.1, 0.15) is 5.65 Å². The van der Waals surface area contributed by atoms with Crippen molar-refractivity contribution in [1.82, 2.24) is 9.38 Å². The maximum atomic E-state index is 12.1. The summed E-state index contributed by atoms with van der Waals surface area (Å²) in [5.74, 6) is -2.18. The second kappa shape index (κ2) is 4.58. The number of carbonyl (C=O) groups is 2. The van der Waals surface area contributed by atoms with Crippen LogP contribution in [0.15, 0.2) is 24.4 Å². The van der Waals surface area contributed by atoms with E-state index in [1.54, 1.807) is 6.92 Å². The molecule has 1 fully saturated rings. The van der Waals surface area contributed by atoms with Gasteiger partial charge in [0, 0.05) is 12.1 Å². The van der Waals surface area contributed by atoms with Gasteiger partial charge in [-0.3, -0.25) is 9.59 Å². The van der Waals surface area contributed by atoms with E-state index in [-0.39, 0.29) is 13.0 Å². The number of aromatic nitrogens is 2. The van der Waals surface area contributed by atoms with E-state index >= 15 is 0 Å². The molecule has 0 saturated heterocycles.